The van der Waals surface area contributed by atoms with Crippen LogP contribution < -0.4 is 14.4 Å². The van der Waals surface area contributed by atoms with E-state index in [-0.39, 0.29) is 10.6 Å². The molecule has 0 saturated carbocycles. The Bertz CT molecular complexity index is 889. The average molecular weight is 394 g/mol. The van der Waals surface area contributed by atoms with E-state index in [4.69, 9.17) is 4.74 Å². The minimum Gasteiger partial charge on any atom is -0.497 e. The average Bonchev–Trinajstić information content (AvgIpc) is 2.59. The van der Waals surface area contributed by atoms with Crippen LogP contribution in [-0.4, -0.2) is 33.5 Å². The standard InChI is InChI=1S/C19H23FN2O4S/c1-19(2,3)21-18(23)13-22(15-7-5-14(20)6-8-15)27(24,25)17-11-9-16(26-4)10-12-17/h5-12H,13H2,1-4H3,(H,21,23). The maximum Gasteiger partial charge on any atom is 0.264 e. The van der Waals surface area contributed by atoms with E-state index in [1.165, 1.54) is 43.5 Å². The third-order valence-electron chi connectivity index (χ3n) is 3.56. The van der Waals surface area contributed by atoms with Crippen molar-refractivity contribution in [1.82, 2.24) is 5.32 Å². The summed E-state index contributed by atoms with van der Waals surface area (Å²) in [6.07, 6.45) is 0. The Hall–Kier alpha value is -2.61. The monoisotopic (exact) mass is 394 g/mol. The van der Waals surface area contributed by atoms with Gasteiger partial charge in [-0.2, -0.15) is 0 Å². The lowest BCUT2D eigenvalue weighted by atomic mass is 10.1. The van der Waals surface area contributed by atoms with Crippen molar-refractivity contribution in [2.75, 3.05) is 18.0 Å². The molecular formula is C19H23FN2O4S. The molecule has 0 aliphatic carbocycles. The van der Waals surface area contributed by atoms with E-state index in [0.717, 1.165) is 16.4 Å². The molecule has 0 unspecified atom stereocenters. The van der Waals surface area contributed by atoms with Crippen LogP contribution in [-0.2, 0) is 14.8 Å². The fraction of sp³-hybridized carbons (Fsp3) is 0.316. The number of ether oxygens (including phenoxy) is 1. The quantitative estimate of drug-likeness (QED) is 0.817. The highest BCUT2D eigenvalue weighted by Gasteiger charge is 2.28. The summed E-state index contributed by atoms with van der Waals surface area (Å²) in [6.45, 7) is 4.96. The van der Waals surface area contributed by atoms with Crippen LogP contribution in [0.3, 0.4) is 0 Å². The summed E-state index contributed by atoms with van der Waals surface area (Å²) >= 11 is 0. The molecule has 0 atom stereocenters. The number of rotatable bonds is 6. The van der Waals surface area contributed by atoms with E-state index in [0.29, 0.717) is 5.75 Å². The van der Waals surface area contributed by atoms with Gasteiger partial charge >= 0.3 is 0 Å². The van der Waals surface area contributed by atoms with Gasteiger partial charge in [-0.05, 0) is 69.3 Å². The molecule has 0 bridgehead atoms. The molecule has 1 amide bonds. The number of nitrogens with zero attached hydrogens (tertiary/aromatic N) is 1. The number of methoxy groups -OCH3 is 1. The zero-order valence-corrected chi connectivity index (χ0v) is 16.5. The SMILES string of the molecule is COc1ccc(S(=O)(=O)N(CC(=O)NC(C)(C)C)c2ccc(F)cc2)cc1. The number of hydrogen-bond donors (Lipinski definition) is 1. The molecule has 0 radical (unpaired) electrons. The van der Waals surface area contributed by atoms with Gasteiger partial charge < -0.3 is 10.1 Å². The lowest BCUT2D eigenvalue weighted by Crippen LogP contribution is -2.47. The molecule has 0 aliphatic rings. The van der Waals surface area contributed by atoms with Crippen molar-refractivity contribution in [1.29, 1.82) is 0 Å². The number of benzene rings is 2. The van der Waals surface area contributed by atoms with Gasteiger partial charge in [0.05, 0.1) is 17.7 Å². The maximum atomic E-state index is 13.3. The number of amides is 1. The first-order valence-electron chi connectivity index (χ1n) is 8.26. The van der Waals surface area contributed by atoms with Crippen molar-refractivity contribution in [2.24, 2.45) is 0 Å². The Morgan fingerprint density at radius 2 is 1.63 bits per heavy atom. The second-order valence-electron chi connectivity index (χ2n) is 6.96. The molecule has 0 aliphatic heterocycles. The van der Waals surface area contributed by atoms with E-state index in [2.05, 4.69) is 5.32 Å². The van der Waals surface area contributed by atoms with Gasteiger partial charge in [0.2, 0.25) is 5.91 Å². The van der Waals surface area contributed by atoms with Gasteiger partial charge in [-0.3, -0.25) is 9.10 Å². The zero-order valence-electron chi connectivity index (χ0n) is 15.7. The summed E-state index contributed by atoms with van der Waals surface area (Å²) in [5.74, 6) is -0.462. The normalized spacial score (nSPS) is 11.7. The number of sulfonamides is 1. The first kappa shape index (κ1) is 20.7. The first-order valence-corrected chi connectivity index (χ1v) is 9.70. The van der Waals surface area contributed by atoms with Crippen LogP contribution in [0, 0.1) is 5.82 Å². The van der Waals surface area contributed by atoms with E-state index in [1.54, 1.807) is 20.8 Å². The second kappa shape index (κ2) is 7.96. The van der Waals surface area contributed by atoms with Crippen LogP contribution in [0.2, 0.25) is 0 Å². The Morgan fingerprint density at radius 3 is 2.11 bits per heavy atom. The Labute approximate surface area is 159 Å². The van der Waals surface area contributed by atoms with Crippen LogP contribution in [0.4, 0.5) is 10.1 Å². The van der Waals surface area contributed by atoms with E-state index >= 15 is 0 Å². The predicted molar refractivity (Wildman–Crippen MR) is 102 cm³/mol. The third kappa shape index (κ3) is 5.43. The molecule has 2 aromatic carbocycles. The van der Waals surface area contributed by atoms with Gasteiger partial charge in [-0.15, -0.1) is 0 Å². The van der Waals surface area contributed by atoms with Crippen molar-refractivity contribution in [3.05, 3.63) is 54.3 Å². The van der Waals surface area contributed by atoms with Crippen LogP contribution in [0.15, 0.2) is 53.4 Å². The molecule has 2 rings (SSSR count). The maximum absolute atomic E-state index is 13.3. The van der Waals surface area contributed by atoms with Crippen molar-refractivity contribution in [3.63, 3.8) is 0 Å². The van der Waals surface area contributed by atoms with Gasteiger partial charge in [0.15, 0.2) is 0 Å². The smallest absolute Gasteiger partial charge is 0.264 e. The summed E-state index contributed by atoms with van der Waals surface area (Å²) in [6, 6.07) is 10.8. The van der Waals surface area contributed by atoms with Crippen molar-refractivity contribution in [2.45, 2.75) is 31.2 Å². The molecular weight excluding hydrogens is 371 g/mol. The van der Waals surface area contributed by atoms with Gasteiger partial charge in [0.25, 0.3) is 10.0 Å². The molecule has 0 spiro atoms. The van der Waals surface area contributed by atoms with Crippen LogP contribution in [0.1, 0.15) is 20.8 Å². The highest BCUT2D eigenvalue weighted by atomic mass is 32.2. The number of carbonyl (C=O) groups excluding carboxylic acids is 1. The van der Waals surface area contributed by atoms with E-state index in [9.17, 15) is 17.6 Å². The first-order chi connectivity index (χ1) is 12.5. The predicted octanol–water partition coefficient (Wildman–Crippen LogP) is 2.94. The minimum absolute atomic E-state index is 0.00353. The molecule has 146 valence electrons. The Kier molecular flexibility index (Phi) is 6.10. The number of nitrogens with one attached hydrogen (secondary N) is 1. The topological polar surface area (TPSA) is 75.7 Å². The highest BCUT2D eigenvalue weighted by molar-refractivity contribution is 7.92. The molecule has 0 aromatic heterocycles. The second-order valence-corrected chi connectivity index (χ2v) is 8.82. The lowest BCUT2D eigenvalue weighted by Gasteiger charge is -2.27. The molecule has 1 N–H and O–H groups in total. The Morgan fingerprint density at radius 1 is 1.07 bits per heavy atom. The largest absolute Gasteiger partial charge is 0.497 e. The van der Waals surface area contributed by atoms with Crippen molar-refractivity contribution < 1.29 is 22.3 Å². The molecule has 0 heterocycles. The molecule has 27 heavy (non-hydrogen) atoms. The molecule has 6 nitrogen and oxygen atoms in total. The summed E-state index contributed by atoms with van der Waals surface area (Å²) in [5, 5.41) is 2.73. The van der Waals surface area contributed by atoms with Gasteiger partial charge in [0, 0.05) is 5.54 Å². The van der Waals surface area contributed by atoms with E-state index in [1.807, 2.05) is 0 Å². The molecule has 0 saturated heterocycles. The lowest BCUT2D eigenvalue weighted by molar-refractivity contribution is -0.121. The van der Waals surface area contributed by atoms with Crippen LogP contribution >= 0.6 is 0 Å². The van der Waals surface area contributed by atoms with Crippen LogP contribution in [0.25, 0.3) is 0 Å². The van der Waals surface area contributed by atoms with Gasteiger partial charge in [-0.25, -0.2) is 12.8 Å². The summed E-state index contributed by atoms with van der Waals surface area (Å²) in [7, 11) is -2.57. The number of hydrogen-bond acceptors (Lipinski definition) is 4. The van der Waals surface area contributed by atoms with Crippen molar-refractivity contribution >= 4 is 21.6 Å². The van der Waals surface area contributed by atoms with Crippen molar-refractivity contribution in [3.8, 4) is 5.75 Å². The zero-order chi connectivity index (χ0) is 20.2. The van der Waals surface area contributed by atoms with Crippen LogP contribution in [0.5, 0.6) is 5.75 Å². The molecule has 2 aromatic rings. The molecule has 0 fully saturated rings. The summed E-state index contributed by atoms with van der Waals surface area (Å²) < 4.78 is 45.5. The highest BCUT2D eigenvalue weighted by Crippen LogP contribution is 2.25. The summed E-state index contributed by atoms with van der Waals surface area (Å²) in [5.41, 5.74) is -0.327. The fourth-order valence-corrected chi connectivity index (χ4v) is 3.81. The van der Waals surface area contributed by atoms with Gasteiger partial charge in [-0.1, -0.05) is 0 Å². The minimum atomic E-state index is -4.05. The number of carbonyl (C=O) groups is 1. The number of anilines is 1. The van der Waals surface area contributed by atoms with E-state index < -0.39 is 33.8 Å². The summed E-state index contributed by atoms with van der Waals surface area (Å²) in [4.78, 5) is 12.4. The Balaban J connectivity index is 2.43. The van der Waals surface area contributed by atoms with Gasteiger partial charge in [0.1, 0.15) is 18.1 Å². The molecule has 8 heteroatoms. The number of halogens is 1. The fourth-order valence-electron chi connectivity index (χ4n) is 2.39. The third-order valence-corrected chi connectivity index (χ3v) is 5.35.